The van der Waals surface area contributed by atoms with Gasteiger partial charge in [-0.2, -0.15) is 0 Å². The minimum Gasteiger partial charge on any atom is -0.490 e. The molecule has 0 unspecified atom stereocenters. The van der Waals surface area contributed by atoms with Crippen molar-refractivity contribution in [3.05, 3.63) is 28.5 Å². The van der Waals surface area contributed by atoms with Crippen molar-refractivity contribution in [2.45, 2.75) is 12.8 Å². The Hall–Kier alpha value is -0.280. The molecule has 0 fully saturated rings. The fraction of sp³-hybridized carbons (Fsp3) is 0.400. The van der Waals surface area contributed by atoms with Crippen molar-refractivity contribution in [1.82, 2.24) is 0 Å². The normalized spacial score (nSPS) is 10.2. The predicted molar refractivity (Wildman–Crippen MR) is 59.5 cm³/mol. The number of hydrogen-bond donors (Lipinski definition) is 0. The number of unbranched alkanes of at least 4 members (excludes halogenated alkanes) is 1. The van der Waals surface area contributed by atoms with E-state index >= 15 is 0 Å². The fourth-order valence-electron chi connectivity index (χ4n) is 0.966. The topological polar surface area (TPSA) is 9.23 Å². The van der Waals surface area contributed by atoms with E-state index in [0.29, 0.717) is 12.5 Å². The van der Waals surface area contributed by atoms with Gasteiger partial charge in [0.25, 0.3) is 0 Å². The van der Waals surface area contributed by atoms with Gasteiger partial charge in [0.2, 0.25) is 0 Å². The van der Waals surface area contributed by atoms with Gasteiger partial charge in [-0.1, -0.05) is 15.9 Å². The molecule has 0 atom stereocenters. The molecule has 0 saturated heterocycles. The van der Waals surface area contributed by atoms with E-state index in [1.807, 2.05) is 0 Å². The van der Waals surface area contributed by atoms with E-state index in [1.165, 1.54) is 6.07 Å². The Morgan fingerprint density at radius 2 is 2.14 bits per heavy atom. The van der Waals surface area contributed by atoms with Crippen LogP contribution in [-0.4, -0.2) is 12.5 Å². The number of benzene rings is 1. The molecule has 0 aromatic heterocycles. The van der Waals surface area contributed by atoms with E-state index in [1.54, 1.807) is 12.1 Å². The molecule has 14 heavy (non-hydrogen) atoms. The SMILES string of the molecule is Fc1ccc(Br)cc1OCCCCCl. The lowest BCUT2D eigenvalue weighted by atomic mass is 10.3. The van der Waals surface area contributed by atoms with E-state index in [9.17, 15) is 4.39 Å². The molecule has 1 rings (SSSR count). The average Bonchev–Trinajstić information content (AvgIpc) is 2.18. The summed E-state index contributed by atoms with van der Waals surface area (Å²) in [5.41, 5.74) is 0. The molecule has 4 heteroatoms. The second kappa shape index (κ2) is 6.25. The number of ether oxygens (including phenoxy) is 1. The van der Waals surface area contributed by atoms with Gasteiger partial charge in [-0.15, -0.1) is 11.6 Å². The molecule has 1 aromatic carbocycles. The Kier molecular flexibility index (Phi) is 5.26. The summed E-state index contributed by atoms with van der Waals surface area (Å²) in [6.07, 6.45) is 1.73. The first kappa shape index (κ1) is 11.8. The highest BCUT2D eigenvalue weighted by Crippen LogP contribution is 2.22. The van der Waals surface area contributed by atoms with Crippen molar-refractivity contribution in [3.8, 4) is 5.75 Å². The maximum Gasteiger partial charge on any atom is 0.165 e. The summed E-state index contributed by atoms with van der Waals surface area (Å²) in [6.45, 7) is 0.500. The second-order valence-electron chi connectivity index (χ2n) is 2.82. The fourth-order valence-corrected chi connectivity index (χ4v) is 1.50. The zero-order valence-corrected chi connectivity index (χ0v) is 9.94. The van der Waals surface area contributed by atoms with Crippen LogP contribution in [0.2, 0.25) is 0 Å². The third-order valence-electron chi connectivity index (χ3n) is 1.68. The van der Waals surface area contributed by atoms with E-state index in [2.05, 4.69) is 15.9 Å². The van der Waals surface area contributed by atoms with Gasteiger partial charge in [-0.05, 0) is 31.0 Å². The van der Waals surface area contributed by atoms with Crippen LogP contribution < -0.4 is 4.74 Å². The molecule has 0 amide bonds. The summed E-state index contributed by atoms with van der Waals surface area (Å²) in [4.78, 5) is 0. The first-order valence-electron chi connectivity index (χ1n) is 4.38. The molecule has 1 aromatic rings. The lowest BCUT2D eigenvalue weighted by Gasteiger charge is -2.06. The van der Waals surface area contributed by atoms with E-state index in [4.69, 9.17) is 16.3 Å². The molecule has 78 valence electrons. The van der Waals surface area contributed by atoms with Gasteiger partial charge in [-0.3, -0.25) is 0 Å². The molecule has 0 saturated carbocycles. The van der Waals surface area contributed by atoms with Gasteiger partial charge in [0.1, 0.15) is 0 Å². The molecule has 0 aliphatic rings. The molecule has 0 aliphatic heterocycles. The van der Waals surface area contributed by atoms with Crippen molar-refractivity contribution >= 4 is 27.5 Å². The van der Waals surface area contributed by atoms with Crippen molar-refractivity contribution in [3.63, 3.8) is 0 Å². The van der Waals surface area contributed by atoms with Crippen molar-refractivity contribution in [1.29, 1.82) is 0 Å². The monoisotopic (exact) mass is 280 g/mol. The van der Waals surface area contributed by atoms with Crippen LogP contribution in [-0.2, 0) is 0 Å². The highest BCUT2D eigenvalue weighted by atomic mass is 79.9. The van der Waals surface area contributed by atoms with Crippen LogP contribution >= 0.6 is 27.5 Å². The highest BCUT2D eigenvalue weighted by molar-refractivity contribution is 9.10. The zero-order chi connectivity index (χ0) is 10.4. The number of rotatable bonds is 5. The van der Waals surface area contributed by atoms with Gasteiger partial charge in [0, 0.05) is 10.4 Å². The van der Waals surface area contributed by atoms with Gasteiger partial charge < -0.3 is 4.74 Å². The summed E-state index contributed by atoms with van der Waals surface area (Å²) in [6, 6.07) is 4.64. The van der Waals surface area contributed by atoms with Crippen LogP contribution in [0.4, 0.5) is 4.39 Å². The van der Waals surface area contributed by atoms with E-state index in [0.717, 1.165) is 17.3 Å². The third-order valence-corrected chi connectivity index (χ3v) is 2.44. The Morgan fingerprint density at radius 3 is 2.86 bits per heavy atom. The predicted octanol–water partition coefficient (Wildman–Crippen LogP) is 3.99. The average molecular weight is 282 g/mol. The Labute approximate surface area is 96.3 Å². The number of halogens is 3. The second-order valence-corrected chi connectivity index (χ2v) is 4.11. The standard InChI is InChI=1S/C10H11BrClFO/c11-8-3-4-9(13)10(7-8)14-6-2-1-5-12/h3-4,7H,1-2,5-6H2. The number of alkyl halides is 1. The zero-order valence-electron chi connectivity index (χ0n) is 7.60. The maximum atomic E-state index is 13.1. The smallest absolute Gasteiger partial charge is 0.165 e. The largest absolute Gasteiger partial charge is 0.490 e. The van der Waals surface area contributed by atoms with Gasteiger partial charge >= 0.3 is 0 Å². The van der Waals surface area contributed by atoms with Gasteiger partial charge in [-0.25, -0.2) is 4.39 Å². The van der Waals surface area contributed by atoms with Crippen LogP contribution in [0.5, 0.6) is 5.75 Å². The molecule has 0 bridgehead atoms. The van der Waals surface area contributed by atoms with Gasteiger partial charge in [0.15, 0.2) is 11.6 Å². The van der Waals surface area contributed by atoms with Crippen molar-refractivity contribution in [2.75, 3.05) is 12.5 Å². The molecule has 0 heterocycles. The summed E-state index contributed by atoms with van der Waals surface area (Å²) >= 11 is 8.75. The number of hydrogen-bond acceptors (Lipinski definition) is 1. The third kappa shape index (κ3) is 3.84. The lowest BCUT2D eigenvalue weighted by Crippen LogP contribution is -1.99. The van der Waals surface area contributed by atoms with Crippen LogP contribution in [0, 0.1) is 5.82 Å². The van der Waals surface area contributed by atoms with Crippen molar-refractivity contribution < 1.29 is 9.13 Å². The van der Waals surface area contributed by atoms with Crippen LogP contribution in [0.15, 0.2) is 22.7 Å². The van der Waals surface area contributed by atoms with E-state index in [-0.39, 0.29) is 11.6 Å². The van der Waals surface area contributed by atoms with Gasteiger partial charge in [0.05, 0.1) is 6.61 Å². The first-order chi connectivity index (χ1) is 6.74. The lowest BCUT2D eigenvalue weighted by molar-refractivity contribution is 0.294. The maximum absolute atomic E-state index is 13.1. The molecule has 0 N–H and O–H groups in total. The molecular weight excluding hydrogens is 270 g/mol. The Bertz CT molecular complexity index is 293. The van der Waals surface area contributed by atoms with Crippen LogP contribution in [0.25, 0.3) is 0 Å². The summed E-state index contributed by atoms with van der Waals surface area (Å²) in [7, 11) is 0. The van der Waals surface area contributed by atoms with Crippen LogP contribution in [0.3, 0.4) is 0 Å². The highest BCUT2D eigenvalue weighted by Gasteiger charge is 2.02. The molecule has 0 spiro atoms. The molecular formula is C10H11BrClFO. The minimum absolute atomic E-state index is 0.286. The quantitative estimate of drug-likeness (QED) is 0.586. The molecule has 0 radical (unpaired) electrons. The first-order valence-corrected chi connectivity index (χ1v) is 5.70. The Morgan fingerprint density at radius 1 is 1.36 bits per heavy atom. The summed E-state index contributed by atoms with van der Waals surface area (Å²) in [5, 5.41) is 0. The van der Waals surface area contributed by atoms with Crippen LogP contribution in [0.1, 0.15) is 12.8 Å². The van der Waals surface area contributed by atoms with Crippen molar-refractivity contribution in [2.24, 2.45) is 0 Å². The minimum atomic E-state index is -0.334. The van der Waals surface area contributed by atoms with E-state index < -0.39 is 0 Å². The molecule has 1 nitrogen and oxygen atoms in total. The summed E-state index contributed by atoms with van der Waals surface area (Å²) in [5.74, 6) is 0.567. The summed E-state index contributed by atoms with van der Waals surface area (Å²) < 4.78 is 19.2. The Balaban J connectivity index is 2.45. The molecule has 0 aliphatic carbocycles.